The zero-order valence-corrected chi connectivity index (χ0v) is 12.0. The van der Waals surface area contributed by atoms with Gasteiger partial charge in [-0.25, -0.2) is 0 Å². The maximum Gasteiger partial charge on any atom is 0.312 e. The standard InChI is InChI=1S/C17H20O4/c18-16(19)17(7-8-20-15(17)11-5-6-11)10-13-9-12-3-1-2-4-14(12)21-13/h1-4,11,13,15H,5-10H2,(H,18,19). The highest BCUT2D eigenvalue weighted by Gasteiger charge is 2.57. The number of hydrogen-bond donors (Lipinski definition) is 1. The first-order valence-electron chi connectivity index (χ1n) is 7.78. The molecular weight excluding hydrogens is 268 g/mol. The van der Waals surface area contributed by atoms with Gasteiger partial charge in [0.15, 0.2) is 0 Å². The van der Waals surface area contributed by atoms with Crippen molar-refractivity contribution in [3.63, 3.8) is 0 Å². The highest BCUT2D eigenvalue weighted by Crippen LogP contribution is 2.51. The van der Waals surface area contributed by atoms with Gasteiger partial charge in [-0.3, -0.25) is 4.79 Å². The Morgan fingerprint density at radius 1 is 1.33 bits per heavy atom. The SMILES string of the molecule is O=C(O)C1(CC2Cc3ccccc3O2)CCOC1C1CC1. The molecule has 112 valence electrons. The molecule has 1 saturated heterocycles. The summed E-state index contributed by atoms with van der Waals surface area (Å²) in [6, 6.07) is 7.99. The van der Waals surface area contributed by atoms with E-state index in [4.69, 9.17) is 9.47 Å². The molecule has 3 aliphatic rings. The van der Waals surface area contributed by atoms with E-state index in [1.807, 2.05) is 18.2 Å². The Hall–Kier alpha value is -1.55. The van der Waals surface area contributed by atoms with Crippen LogP contribution in [0.5, 0.6) is 5.75 Å². The minimum atomic E-state index is -0.756. The number of ether oxygens (including phenoxy) is 2. The van der Waals surface area contributed by atoms with Crippen molar-refractivity contribution in [2.24, 2.45) is 11.3 Å². The van der Waals surface area contributed by atoms with Gasteiger partial charge in [-0.2, -0.15) is 0 Å². The molecule has 2 heterocycles. The van der Waals surface area contributed by atoms with E-state index in [2.05, 4.69) is 6.07 Å². The van der Waals surface area contributed by atoms with E-state index in [-0.39, 0.29) is 12.2 Å². The maximum absolute atomic E-state index is 12.0. The Kier molecular flexibility index (Phi) is 2.96. The number of carboxylic acids is 1. The van der Waals surface area contributed by atoms with E-state index in [0.717, 1.165) is 25.0 Å². The van der Waals surface area contributed by atoms with Crippen molar-refractivity contribution in [2.75, 3.05) is 6.61 Å². The van der Waals surface area contributed by atoms with Crippen molar-refractivity contribution in [2.45, 2.75) is 44.3 Å². The first-order chi connectivity index (χ1) is 10.2. The van der Waals surface area contributed by atoms with Crippen LogP contribution >= 0.6 is 0 Å². The monoisotopic (exact) mass is 288 g/mol. The molecule has 2 aliphatic heterocycles. The van der Waals surface area contributed by atoms with Crippen LogP contribution in [0.25, 0.3) is 0 Å². The van der Waals surface area contributed by atoms with Crippen LogP contribution in [0.3, 0.4) is 0 Å². The highest BCUT2D eigenvalue weighted by molar-refractivity contribution is 5.76. The number of benzene rings is 1. The van der Waals surface area contributed by atoms with Crippen LogP contribution in [0.15, 0.2) is 24.3 Å². The average Bonchev–Trinajstić information content (AvgIpc) is 3.08. The molecule has 0 amide bonds. The number of hydrogen-bond acceptors (Lipinski definition) is 3. The maximum atomic E-state index is 12.0. The molecule has 2 fully saturated rings. The van der Waals surface area contributed by atoms with E-state index in [1.165, 1.54) is 5.56 Å². The minimum absolute atomic E-state index is 0.0403. The van der Waals surface area contributed by atoms with E-state index >= 15 is 0 Å². The summed E-state index contributed by atoms with van der Waals surface area (Å²) in [5, 5.41) is 9.85. The van der Waals surface area contributed by atoms with Crippen molar-refractivity contribution in [3.8, 4) is 5.75 Å². The Morgan fingerprint density at radius 3 is 2.86 bits per heavy atom. The van der Waals surface area contributed by atoms with Crippen molar-refractivity contribution in [1.29, 1.82) is 0 Å². The average molecular weight is 288 g/mol. The van der Waals surface area contributed by atoms with E-state index in [9.17, 15) is 9.90 Å². The first kappa shape index (κ1) is 13.1. The van der Waals surface area contributed by atoms with Gasteiger partial charge in [-0.15, -0.1) is 0 Å². The quantitative estimate of drug-likeness (QED) is 0.925. The normalized spacial score (nSPS) is 34.5. The molecule has 3 atom stereocenters. The fourth-order valence-electron chi connectivity index (χ4n) is 3.96. The fraction of sp³-hybridized carbons (Fsp3) is 0.588. The van der Waals surface area contributed by atoms with Crippen LogP contribution in [0.2, 0.25) is 0 Å². The van der Waals surface area contributed by atoms with Crippen LogP contribution in [0, 0.1) is 11.3 Å². The number of carboxylic acid groups (broad SMARTS) is 1. The fourth-order valence-corrected chi connectivity index (χ4v) is 3.96. The lowest BCUT2D eigenvalue weighted by atomic mass is 9.74. The molecular formula is C17H20O4. The predicted octanol–water partition coefficient (Wildman–Crippen LogP) is 2.65. The minimum Gasteiger partial charge on any atom is -0.490 e. The molecule has 1 saturated carbocycles. The van der Waals surface area contributed by atoms with Crippen molar-refractivity contribution in [3.05, 3.63) is 29.8 Å². The molecule has 0 bridgehead atoms. The second-order valence-electron chi connectivity index (χ2n) is 6.60. The Labute approximate surface area is 124 Å². The van der Waals surface area contributed by atoms with Gasteiger partial charge in [0.1, 0.15) is 11.9 Å². The van der Waals surface area contributed by atoms with Gasteiger partial charge in [0.05, 0.1) is 11.5 Å². The molecule has 0 spiro atoms. The molecule has 4 rings (SSSR count). The van der Waals surface area contributed by atoms with Gasteiger partial charge in [-0.1, -0.05) is 18.2 Å². The number of para-hydroxylation sites is 1. The van der Waals surface area contributed by atoms with Gasteiger partial charge < -0.3 is 14.6 Å². The number of fused-ring (bicyclic) bond motifs is 1. The Balaban J connectivity index is 1.55. The molecule has 0 aromatic heterocycles. The summed E-state index contributed by atoms with van der Waals surface area (Å²) in [7, 11) is 0. The summed E-state index contributed by atoms with van der Waals surface area (Å²) in [5.74, 6) is 0.633. The summed E-state index contributed by atoms with van der Waals surface area (Å²) in [4.78, 5) is 12.0. The summed E-state index contributed by atoms with van der Waals surface area (Å²) in [6.45, 7) is 0.563. The number of rotatable bonds is 4. The summed E-state index contributed by atoms with van der Waals surface area (Å²) >= 11 is 0. The van der Waals surface area contributed by atoms with Crippen molar-refractivity contribution in [1.82, 2.24) is 0 Å². The third-order valence-electron chi connectivity index (χ3n) is 5.17. The molecule has 4 nitrogen and oxygen atoms in total. The summed E-state index contributed by atoms with van der Waals surface area (Å²) in [5.41, 5.74) is 0.429. The van der Waals surface area contributed by atoms with Gasteiger partial charge in [0.25, 0.3) is 0 Å². The van der Waals surface area contributed by atoms with E-state index in [1.54, 1.807) is 0 Å². The Morgan fingerprint density at radius 2 is 2.14 bits per heavy atom. The lowest BCUT2D eigenvalue weighted by molar-refractivity contribution is -0.155. The zero-order chi connectivity index (χ0) is 14.4. The van der Waals surface area contributed by atoms with E-state index in [0.29, 0.717) is 25.4 Å². The van der Waals surface area contributed by atoms with Gasteiger partial charge in [-0.05, 0) is 36.8 Å². The predicted molar refractivity (Wildman–Crippen MR) is 76.3 cm³/mol. The second-order valence-corrected chi connectivity index (χ2v) is 6.60. The second kappa shape index (κ2) is 4.73. The first-order valence-corrected chi connectivity index (χ1v) is 7.78. The van der Waals surface area contributed by atoms with Gasteiger partial charge >= 0.3 is 5.97 Å². The van der Waals surface area contributed by atoms with Crippen LogP contribution in [0.4, 0.5) is 0 Å². The molecule has 1 aliphatic carbocycles. The van der Waals surface area contributed by atoms with Crippen molar-refractivity contribution >= 4 is 5.97 Å². The molecule has 0 radical (unpaired) electrons. The van der Waals surface area contributed by atoms with Crippen molar-refractivity contribution < 1.29 is 19.4 Å². The lowest BCUT2D eigenvalue weighted by Crippen LogP contribution is -2.43. The highest BCUT2D eigenvalue weighted by atomic mass is 16.5. The number of aliphatic carboxylic acids is 1. The number of carbonyl (C=O) groups is 1. The van der Waals surface area contributed by atoms with Gasteiger partial charge in [0.2, 0.25) is 0 Å². The van der Waals surface area contributed by atoms with Crippen LogP contribution in [-0.2, 0) is 16.0 Å². The van der Waals surface area contributed by atoms with Crippen LogP contribution < -0.4 is 4.74 Å². The molecule has 3 unspecified atom stereocenters. The van der Waals surface area contributed by atoms with Crippen LogP contribution in [-0.4, -0.2) is 29.9 Å². The zero-order valence-electron chi connectivity index (χ0n) is 12.0. The Bertz CT molecular complexity index is 541. The van der Waals surface area contributed by atoms with E-state index < -0.39 is 11.4 Å². The largest absolute Gasteiger partial charge is 0.490 e. The third-order valence-corrected chi connectivity index (χ3v) is 5.17. The van der Waals surface area contributed by atoms with Crippen LogP contribution in [0.1, 0.15) is 31.2 Å². The summed E-state index contributed by atoms with van der Waals surface area (Å²) < 4.78 is 11.8. The molecule has 4 heteroatoms. The van der Waals surface area contributed by atoms with Gasteiger partial charge in [0, 0.05) is 19.4 Å². The third kappa shape index (κ3) is 2.13. The molecule has 1 aromatic rings. The molecule has 21 heavy (non-hydrogen) atoms. The lowest BCUT2D eigenvalue weighted by Gasteiger charge is -2.32. The summed E-state index contributed by atoms with van der Waals surface area (Å²) in [6.07, 6.45) is 4.01. The smallest absolute Gasteiger partial charge is 0.312 e. The molecule has 1 aromatic carbocycles. The molecule has 1 N–H and O–H groups in total. The topological polar surface area (TPSA) is 55.8 Å².